The van der Waals surface area contributed by atoms with Gasteiger partial charge in [-0.2, -0.15) is 0 Å². The van der Waals surface area contributed by atoms with E-state index in [1.807, 2.05) is 6.07 Å². The summed E-state index contributed by atoms with van der Waals surface area (Å²) in [5.41, 5.74) is 0.522. The molecule has 2 aliphatic heterocycles. The predicted molar refractivity (Wildman–Crippen MR) is 65.0 cm³/mol. The lowest BCUT2D eigenvalue weighted by atomic mass is 10.1. The Hall–Kier alpha value is -2.43. The SMILES string of the molecule is O=C1C(=O)N2CCN=C2/C1=C(\O)c1ccccc1. The fourth-order valence-corrected chi connectivity index (χ4v) is 2.14. The van der Waals surface area contributed by atoms with Crippen LogP contribution in [0.5, 0.6) is 0 Å². The Bertz CT molecular complexity index is 602. The van der Waals surface area contributed by atoms with Gasteiger partial charge in [0.05, 0.1) is 6.54 Å². The number of hydrogen-bond acceptors (Lipinski definition) is 4. The lowest BCUT2D eigenvalue weighted by Gasteiger charge is -2.06. The van der Waals surface area contributed by atoms with Crippen molar-refractivity contribution in [3.8, 4) is 0 Å². The number of Topliss-reactive ketones (excluding diaryl/α,β-unsaturated/α-hetero) is 1. The van der Waals surface area contributed by atoms with E-state index in [1.54, 1.807) is 24.3 Å². The van der Waals surface area contributed by atoms with E-state index in [-0.39, 0.29) is 11.3 Å². The molecule has 1 amide bonds. The van der Waals surface area contributed by atoms with Crippen molar-refractivity contribution in [1.29, 1.82) is 0 Å². The minimum absolute atomic E-state index is 0.0173. The van der Waals surface area contributed by atoms with Crippen LogP contribution in [0.1, 0.15) is 5.56 Å². The maximum absolute atomic E-state index is 11.8. The summed E-state index contributed by atoms with van der Waals surface area (Å²) in [6, 6.07) is 8.67. The molecule has 1 aromatic rings. The van der Waals surface area contributed by atoms with Crippen LogP contribution in [0.15, 0.2) is 40.9 Å². The van der Waals surface area contributed by atoms with E-state index < -0.39 is 11.7 Å². The number of amidine groups is 1. The molecule has 0 radical (unpaired) electrons. The summed E-state index contributed by atoms with van der Waals surface area (Å²) in [5, 5.41) is 10.2. The molecule has 0 aliphatic carbocycles. The van der Waals surface area contributed by atoms with E-state index in [0.29, 0.717) is 24.5 Å². The molecule has 0 saturated carbocycles. The third-order valence-electron chi connectivity index (χ3n) is 3.01. The minimum atomic E-state index is -0.685. The number of aliphatic hydroxyl groups is 1. The second-order valence-electron chi connectivity index (χ2n) is 4.08. The number of benzene rings is 1. The zero-order valence-electron chi connectivity index (χ0n) is 9.46. The fourth-order valence-electron chi connectivity index (χ4n) is 2.14. The molecule has 1 N–H and O–H groups in total. The highest BCUT2D eigenvalue weighted by molar-refractivity contribution is 6.59. The number of amides is 1. The molecule has 2 aliphatic rings. The quantitative estimate of drug-likeness (QED) is 0.449. The molecule has 0 spiro atoms. The van der Waals surface area contributed by atoms with E-state index in [4.69, 9.17) is 0 Å². The van der Waals surface area contributed by atoms with Gasteiger partial charge >= 0.3 is 5.91 Å². The largest absolute Gasteiger partial charge is 0.506 e. The molecule has 0 unspecified atom stereocenters. The first-order chi connectivity index (χ1) is 8.70. The summed E-state index contributed by atoms with van der Waals surface area (Å²) < 4.78 is 0. The Morgan fingerprint density at radius 3 is 2.67 bits per heavy atom. The number of nitrogens with zero attached hydrogens (tertiary/aromatic N) is 2. The summed E-state index contributed by atoms with van der Waals surface area (Å²) in [6.45, 7) is 0.880. The van der Waals surface area contributed by atoms with Gasteiger partial charge in [-0.25, -0.2) is 0 Å². The Morgan fingerprint density at radius 2 is 1.94 bits per heavy atom. The Labute approximate surface area is 103 Å². The molecular formula is C13H10N2O3. The van der Waals surface area contributed by atoms with Crippen molar-refractivity contribution in [3.63, 3.8) is 0 Å². The van der Waals surface area contributed by atoms with Crippen LogP contribution in [0.3, 0.4) is 0 Å². The van der Waals surface area contributed by atoms with Gasteiger partial charge in [-0.1, -0.05) is 30.3 Å². The van der Waals surface area contributed by atoms with E-state index >= 15 is 0 Å². The number of aliphatic imine (C=N–C) groups is 1. The number of rotatable bonds is 1. The van der Waals surface area contributed by atoms with Crippen LogP contribution in [0.2, 0.25) is 0 Å². The first-order valence-electron chi connectivity index (χ1n) is 5.60. The Kier molecular flexibility index (Phi) is 2.26. The van der Waals surface area contributed by atoms with E-state index in [0.717, 1.165) is 0 Å². The van der Waals surface area contributed by atoms with Crippen molar-refractivity contribution in [2.24, 2.45) is 4.99 Å². The maximum Gasteiger partial charge on any atom is 0.300 e. The van der Waals surface area contributed by atoms with Gasteiger partial charge in [0, 0.05) is 12.1 Å². The van der Waals surface area contributed by atoms with Gasteiger partial charge in [-0.3, -0.25) is 19.5 Å². The van der Waals surface area contributed by atoms with Crippen LogP contribution in [-0.2, 0) is 9.59 Å². The van der Waals surface area contributed by atoms with Crippen LogP contribution in [0.25, 0.3) is 5.76 Å². The first kappa shape index (κ1) is 10.7. The van der Waals surface area contributed by atoms with Gasteiger partial charge in [0.2, 0.25) is 0 Å². The Balaban J connectivity index is 2.16. The van der Waals surface area contributed by atoms with Crippen LogP contribution in [0.4, 0.5) is 0 Å². The summed E-state index contributed by atoms with van der Waals surface area (Å²) >= 11 is 0. The molecular weight excluding hydrogens is 232 g/mol. The molecule has 1 saturated heterocycles. The molecule has 0 bridgehead atoms. The number of carbonyl (C=O) groups is 2. The molecule has 90 valence electrons. The third kappa shape index (κ3) is 1.37. The summed E-state index contributed by atoms with van der Waals surface area (Å²) in [6.07, 6.45) is 0. The molecule has 0 atom stereocenters. The average Bonchev–Trinajstić information content (AvgIpc) is 2.95. The van der Waals surface area contributed by atoms with Gasteiger partial charge in [0.25, 0.3) is 5.78 Å². The second-order valence-corrected chi connectivity index (χ2v) is 4.08. The van der Waals surface area contributed by atoms with Gasteiger partial charge in [0.15, 0.2) is 0 Å². The van der Waals surface area contributed by atoms with Gasteiger partial charge in [-0.15, -0.1) is 0 Å². The van der Waals surface area contributed by atoms with E-state index in [2.05, 4.69) is 4.99 Å². The molecule has 1 aromatic carbocycles. The minimum Gasteiger partial charge on any atom is -0.506 e. The second kappa shape index (κ2) is 3.80. The lowest BCUT2D eigenvalue weighted by molar-refractivity contribution is -0.138. The molecule has 18 heavy (non-hydrogen) atoms. The monoisotopic (exact) mass is 242 g/mol. The number of fused-ring (bicyclic) bond motifs is 1. The van der Waals surface area contributed by atoms with Crippen molar-refractivity contribution in [3.05, 3.63) is 41.5 Å². The Morgan fingerprint density at radius 1 is 1.22 bits per heavy atom. The topological polar surface area (TPSA) is 70.0 Å². The maximum atomic E-state index is 11.8. The predicted octanol–water partition coefficient (Wildman–Crippen LogP) is 0.779. The average molecular weight is 242 g/mol. The highest BCUT2D eigenvalue weighted by atomic mass is 16.3. The highest BCUT2D eigenvalue weighted by Gasteiger charge is 2.44. The van der Waals surface area contributed by atoms with Gasteiger partial charge in [0.1, 0.15) is 17.2 Å². The lowest BCUT2D eigenvalue weighted by Crippen LogP contribution is -2.28. The molecule has 2 heterocycles. The van der Waals surface area contributed by atoms with Crippen LogP contribution >= 0.6 is 0 Å². The molecule has 3 rings (SSSR count). The van der Waals surface area contributed by atoms with E-state index in [9.17, 15) is 14.7 Å². The number of aliphatic hydroxyl groups excluding tert-OH is 1. The molecule has 0 aromatic heterocycles. The van der Waals surface area contributed by atoms with Crippen molar-refractivity contribution >= 4 is 23.3 Å². The summed E-state index contributed by atoms with van der Waals surface area (Å²) in [7, 11) is 0. The van der Waals surface area contributed by atoms with Crippen LogP contribution < -0.4 is 0 Å². The normalized spacial score (nSPS) is 21.1. The third-order valence-corrected chi connectivity index (χ3v) is 3.01. The molecule has 5 nitrogen and oxygen atoms in total. The zero-order chi connectivity index (χ0) is 12.7. The number of hydrogen-bond donors (Lipinski definition) is 1. The highest BCUT2D eigenvalue weighted by Crippen LogP contribution is 2.26. The van der Waals surface area contributed by atoms with Crippen LogP contribution in [-0.4, -0.2) is 40.6 Å². The van der Waals surface area contributed by atoms with Gasteiger partial charge in [-0.05, 0) is 0 Å². The molecule has 5 heteroatoms. The first-order valence-corrected chi connectivity index (χ1v) is 5.60. The smallest absolute Gasteiger partial charge is 0.300 e. The summed E-state index contributed by atoms with van der Waals surface area (Å²) in [5.74, 6) is -1.18. The van der Waals surface area contributed by atoms with Crippen molar-refractivity contribution < 1.29 is 14.7 Å². The number of carbonyl (C=O) groups excluding carboxylic acids is 2. The number of ketones is 1. The van der Waals surface area contributed by atoms with Crippen LogP contribution in [0, 0.1) is 0 Å². The van der Waals surface area contributed by atoms with E-state index in [1.165, 1.54) is 4.90 Å². The zero-order valence-corrected chi connectivity index (χ0v) is 9.46. The van der Waals surface area contributed by atoms with Crippen molar-refractivity contribution in [2.45, 2.75) is 0 Å². The van der Waals surface area contributed by atoms with Gasteiger partial charge < -0.3 is 5.11 Å². The standard InChI is InChI=1S/C13H10N2O3/c16-10(8-4-2-1-3-5-8)9-11(17)13(18)15-7-6-14-12(9)15/h1-5,16H,6-7H2/b10-9-. The fraction of sp³-hybridized carbons (Fsp3) is 0.154. The van der Waals surface area contributed by atoms with Crippen molar-refractivity contribution in [2.75, 3.05) is 13.1 Å². The molecule has 1 fully saturated rings. The summed E-state index contributed by atoms with van der Waals surface area (Å²) in [4.78, 5) is 29.0. The van der Waals surface area contributed by atoms with Crippen molar-refractivity contribution in [1.82, 2.24) is 4.90 Å².